The lowest BCUT2D eigenvalue weighted by atomic mass is 9.88. The quantitative estimate of drug-likeness (QED) is 0.849. The smallest absolute Gasteiger partial charge is 0.280 e. The molecule has 1 aliphatic carbocycles. The first-order chi connectivity index (χ1) is 8.74. The minimum absolute atomic E-state index is 0.0669. The van der Waals surface area contributed by atoms with E-state index in [-0.39, 0.29) is 11.9 Å². The van der Waals surface area contributed by atoms with Crippen molar-refractivity contribution in [1.29, 1.82) is 0 Å². The molecule has 3 nitrogen and oxygen atoms in total. The number of likely N-dealkylation sites (tertiary alicyclic amines) is 1. The molecule has 3 heteroatoms. The predicted molar refractivity (Wildman–Crippen MR) is 69.8 cm³/mol. The molecule has 1 aromatic carbocycles. The van der Waals surface area contributed by atoms with Crippen LogP contribution in [-0.2, 0) is 4.79 Å². The molecule has 96 valence electrons. The molecule has 1 aromatic rings. The lowest BCUT2D eigenvalue weighted by molar-refractivity contribution is -0.410. The summed E-state index contributed by atoms with van der Waals surface area (Å²) in [7, 11) is 0. The second-order valence-corrected chi connectivity index (χ2v) is 5.73. The van der Waals surface area contributed by atoms with E-state index >= 15 is 0 Å². The van der Waals surface area contributed by atoms with Crippen LogP contribution in [0.4, 0.5) is 0 Å². The molecular formula is C15H21N2O+. The van der Waals surface area contributed by atoms with E-state index in [0.29, 0.717) is 5.92 Å². The second-order valence-electron chi connectivity index (χ2n) is 5.73. The zero-order chi connectivity index (χ0) is 12.5. The van der Waals surface area contributed by atoms with E-state index < -0.39 is 0 Å². The summed E-state index contributed by atoms with van der Waals surface area (Å²) in [5.74, 6) is 1.48. The maximum Gasteiger partial charge on any atom is 0.280 e. The first-order valence-corrected chi connectivity index (χ1v) is 6.91. The average Bonchev–Trinajstić information content (AvgIpc) is 3.20. The number of nitrogens with zero attached hydrogens (tertiary/aromatic N) is 1. The fourth-order valence-corrected chi connectivity index (χ4v) is 2.88. The van der Waals surface area contributed by atoms with Gasteiger partial charge in [0.05, 0.1) is 0 Å². The van der Waals surface area contributed by atoms with Crippen LogP contribution in [0.25, 0.3) is 0 Å². The zero-order valence-electron chi connectivity index (χ0n) is 10.7. The number of carbonyl (C=O) groups excluding carboxylic acids is 1. The fourth-order valence-electron chi connectivity index (χ4n) is 2.88. The Hall–Kier alpha value is -1.35. The van der Waals surface area contributed by atoms with Crippen molar-refractivity contribution >= 4 is 5.91 Å². The third-order valence-corrected chi connectivity index (χ3v) is 4.12. The van der Waals surface area contributed by atoms with Crippen LogP contribution in [0.1, 0.15) is 30.7 Å². The van der Waals surface area contributed by atoms with E-state index in [0.717, 1.165) is 25.4 Å². The second kappa shape index (κ2) is 4.73. The highest BCUT2D eigenvalue weighted by Gasteiger charge is 2.37. The Morgan fingerprint density at radius 1 is 1.22 bits per heavy atom. The molecule has 1 saturated heterocycles. The summed E-state index contributed by atoms with van der Waals surface area (Å²) in [5, 5.41) is 0. The van der Waals surface area contributed by atoms with Crippen LogP contribution in [0.5, 0.6) is 0 Å². The summed E-state index contributed by atoms with van der Waals surface area (Å²) in [4.78, 5) is 14.2. The Kier molecular flexibility index (Phi) is 3.08. The third kappa shape index (κ3) is 2.41. The Balaban J connectivity index is 1.74. The van der Waals surface area contributed by atoms with Crippen LogP contribution in [0, 0.1) is 5.92 Å². The molecule has 0 bridgehead atoms. The summed E-state index contributed by atoms with van der Waals surface area (Å²) < 4.78 is 0. The molecule has 0 radical (unpaired) electrons. The van der Waals surface area contributed by atoms with Crippen molar-refractivity contribution in [3.8, 4) is 0 Å². The third-order valence-electron chi connectivity index (χ3n) is 4.12. The van der Waals surface area contributed by atoms with Gasteiger partial charge in [0.15, 0.2) is 6.04 Å². The van der Waals surface area contributed by atoms with Gasteiger partial charge in [0, 0.05) is 25.4 Å². The predicted octanol–water partition coefficient (Wildman–Crippen LogP) is 1.02. The summed E-state index contributed by atoms with van der Waals surface area (Å²) in [5.41, 5.74) is 5.39. The molecule has 2 fully saturated rings. The molecule has 3 rings (SSSR count). The molecule has 18 heavy (non-hydrogen) atoms. The van der Waals surface area contributed by atoms with Gasteiger partial charge in [0.1, 0.15) is 0 Å². The zero-order valence-corrected chi connectivity index (χ0v) is 10.7. The van der Waals surface area contributed by atoms with Gasteiger partial charge in [-0.3, -0.25) is 4.79 Å². The van der Waals surface area contributed by atoms with Crippen molar-refractivity contribution in [2.24, 2.45) is 5.92 Å². The fraction of sp³-hybridized carbons (Fsp3) is 0.533. The van der Waals surface area contributed by atoms with Gasteiger partial charge in [-0.05, 0) is 24.3 Å². The highest BCUT2D eigenvalue weighted by Crippen LogP contribution is 2.33. The summed E-state index contributed by atoms with van der Waals surface area (Å²) in [6.45, 7) is 1.83. The van der Waals surface area contributed by atoms with Crippen molar-refractivity contribution in [2.45, 2.75) is 31.2 Å². The van der Waals surface area contributed by atoms with Crippen LogP contribution < -0.4 is 5.73 Å². The van der Waals surface area contributed by atoms with Crippen LogP contribution in [0.3, 0.4) is 0 Å². The highest BCUT2D eigenvalue weighted by molar-refractivity contribution is 5.81. The lowest BCUT2D eigenvalue weighted by Gasteiger charge is -2.34. The molecule has 0 spiro atoms. The summed E-state index contributed by atoms with van der Waals surface area (Å²) in [6.07, 6.45) is 3.48. The van der Waals surface area contributed by atoms with Gasteiger partial charge in [-0.15, -0.1) is 0 Å². The summed E-state index contributed by atoms with van der Waals surface area (Å²) >= 11 is 0. The van der Waals surface area contributed by atoms with Crippen LogP contribution in [0.2, 0.25) is 0 Å². The van der Waals surface area contributed by atoms with Gasteiger partial charge < -0.3 is 10.6 Å². The minimum atomic E-state index is -0.0669. The number of benzene rings is 1. The van der Waals surface area contributed by atoms with Crippen molar-refractivity contribution in [1.82, 2.24) is 4.90 Å². The lowest BCUT2D eigenvalue weighted by Crippen LogP contribution is -2.70. The molecule has 1 amide bonds. The van der Waals surface area contributed by atoms with E-state index in [1.165, 1.54) is 18.4 Å². The molecule has 1 heterocycles. The van der Waals surface area contributed by atoms with Crippen LogP contribution >= 0.6 is 0 Å². The molecule has 2 aliphatic rings. The maximum absolute atomic E-state index is 12.1. The Labute approximate surface area is 108 Å². The number of hydrogen-bond donors (Lipinski definition) is 1. The Morgan fingerprint density at radius 2 is 1.94 bits per heavy atom. The van der Waals surface area contributed by atoms with E-state index in [1.54, 1.807) is 0 Å². The Morgan fingerprint density at radius 3 is 2.61 bits per heavy atom. The number of piperidine rings is 1. The van der Waals surface area contributed by atoms with Crippen molar-refractivity contribution in [3.63, 3.8) is 0 Å². The number of carbonyl (C=O) groups is 1. The molecule has 2 atom stereocenters. The van der Waals surface area contributed by atoms with Crippen LogP contribution in [-0.4, -0.2) is 29.9 Å². The minimum Gasteiger partial charge on any atom is -0.347 e. The van der Waals surface area contributed by atoms with E-state index in [1.807, 2.05) is 6.07 Å². The van der Waals surface area contributed by atoms with E-state index in [9.17, 15) is 4.79 Å². The first-order valence-electron chi connectivity index (χ1n) is 6.91. The molecule has 1 aliphatic heterocycles. The van der Waals surface area contributed by atoms with Crippen molar-refractivity contribution in [2.75, 3.05) is 13.1 Å². The van der Waals surface area contributed by atoms with Gasteiger partial charge in [-0.2, -0.15) is 0 Å². The maximum atomic E-state index is 12.1. The number of rotatable bonds is 3. The standard InChI is InChI=1S/C15H20N2O/c16-14-8-13(12-4-2-1-3-5-12)10-17(15(14)18)9-11-6-7-11/h1-5,11,13-14H,6-10,16H2/p+1. The van der Waals surface area contributed by atoms with E-state index in [2.05, 4.69) is 34.9 Å². The monoisotopic (exact) mass is 245 g/mol. The van der Waals surface area contributed by atoms with Gasteiger partial charge >= 0.3 is 0 Å². The van der Waals surface area contributed by atoms with Crippen LogP contribution in [0.15, 0.2) is 30.3 Å². The average molecular weight is 245 g/mol. The van der Waals surface area contributed by atoms with Crippen molar-refractivity contribution < 1.29 is 10.5 Å². The number of quaternary nitrogens is 1. The van der Waals surface area contributed by atoms with Gasteiger partial charge in [0.2, 0.25) is 0 Å². The summed E-state index contributed by atoms with van der Waals surface area (Å²) in [6, 6.07) is 10.5. The number of hydrogen-bond acceptors (Lipinski definition) is 1. The highest BCUT2D eigenvalue weighted by atomic mass is 16.2. The van der Waals surface area contributed by atoms with Gasteiger partial charge in [-0.25, -0.2) is 0 Å². The largest absolute Gasteiger partial charge is 0.347 e. The molecular weight excluding hydrogens is 224 g/mol. The molecule has 3 N–H and O–H groups in total. The van der Waals surface area contributed by atoms with Crippen molar-refractivity contribution in [3.05, 3.63) is 35.9 Å². The molecule has 0 aromatic heterocycles. The first kappa shape index (κ1) is 11.7. The SMILES string of the molecule is [NH3+]C1CC(c2ccccc2)CN(CC2CC2)C1=O. The van der Waals surface area contributed by atoms with Gasteiger partial charge in [0.25, 0.3) is 5.91 Å². The van der Waals surface area contributed by atoms with E-state index in [4.69, 9.17) is 0 Å². The molecule has 1 saturated carbocycles. The Bertz CT molecular complexity index is 427. The number of amides is 1. The normalized spacial score (nSPS) is 28.5. The molecule has 2 unspecified atom stereocenters. The topological polar surface area (TPSA) is 48.0 Å². The van der Waals surface area contributed by atoms with Gasteiger partial charge in [-0.1, -0.05) is 30.3 Å².